The first kappa shape index (κ1) is 31.6. The smallest absolute Gasteiger partial charge is 0.360 e. The Morgan fingerprint density at radius 1 is 0.460 bits per heavy atom. The van der Waals surface area contributed by atoms with Gasteiger partial charge in [0.25, 0.3) is 0 Å². The van der Waals surface area contributed by atoms with E-state index in [4.69, 9.17) is 9.47 Å². The van der Waals surface area contributed by atoms with Gasteiger partial charge in [0, 0.05) is 11.1 Å². The Bertz CT molecular complexity index is 2270. The number of aromatic nitrogens is 6. The van der Waals surface area contributed by atoms with E-state index in [9.17, 15) is 9.59 Å². The molecule has 0 fully saturated rings. The monoisotopic (exact) mass is 658 g/mol. The summed E-state index contributed by atoms with van der Waals surface area (Å²) < 4.78 is 13.2. The lowest BCUT2D eigenvalue weighted by Gasteiger charge is -2.10. The average Bonchev–Trinajstić information content (AvgIpc) is 3.84. The molecule has 0 radical (unpaired) electrons. The molecule has 10 nitrogen and oxygen atoms in total. The van der Waals surface area contributed by atoms with Crippen molar-refractivity contribution < 1.29 is 19.1 Å². The molecule has 2 heterocycles. The number of fused-ring (bicyclic) bond motifs is 2. The van der Waals surface area contributed by atoms with E-state index < -0.39 is 11.9 Å². The fourth-order valence-corrected chi connectivity index (χ4v) is 5.88. The van der Waals surface area contributed by atoms with Crippen LogP contribution in [-0.4, -0.2) is 56.1 Å². The van der Waals surface area contributed by atoms with Crippen LogP contribution < -0.4 is 0 Å². The van der Waals surface area contributed by atoms with Gasteiger partial charge in [-0.05, 0) is 45.8 Å². The van der Waals surface area contributed by atoms with Crippen molar-refractivity contribution in [1.82, 2.24) is 30.0 Å². The van der Waals surface area contributed by atoms with Gasteiger partial charge in [0.1, 0.15) is 11.4 Å². The Hall–Kier alpha value is -6.94. The quantitative estimate of drug-likeness (QED) is 0.167. The van der Waals surface area contributed by atoms with Crippen LogP contribution in [0.25, 0.3) is 55.4 Å². The first-order valence-corrected chi connectivity index (χ1v) is 15.7. The lowest BCUT2D eigenvalue weighted by Crippen LogP contribution is -2.06. The summed E-state index contributed by atoms with van der Waals surface area (Å²) in [6.07, 6.45) is 0. The zero-order valence-corrected chi connectivity index (χ0v) is 27.2. The van der Waals surface area contributed by atoms with E-state index in [-0.39, 0.29) is 11.4 Å². The van der Waals surface area contributed by atoms with Gasteiger partial charge in [-0.2, -0.15) is 0 Å². The molecule has 10 heteroatoms. The number of benzene rings is 6. The molecule has 0 N–H and O–H groups in total. The molecular formula is C40H30N6O4. The Morgan fingerprint density at radius 2 is 0.820 bits per heavy atom. The maximum absolute atomic E-state index is 12.3. The van der Waals surface area contributed by atoms with Crippen LogP contribution in [0.3, 0.4) is 0 Å². The molecule has 244 valence electrons. The molecule has 0 amide bonds. The van der Waals surface area contributed by atoms with Crippen LogP contribution in [0.4, 0.5) is 0 Å². The topological polar surface area (TPSA) is 114 Å². The Kier molecular flexibility index (Phi) is 8.89. The van der Waals surface area contributed by atoms with E-state index in [1.165, 1.54) is 14.2 Å². The molecule has 0 aliphatic heterocycles. The van der Waals surface area contributed by atoms with Gasteiger partial charge in [-0.25, -0.2) is 19.0 Å². The lowest BCUT2D eigenvalue weighted by molar-refractivity contribution is 0.0586. The van der Waals surface area contributed by atoms with Crippen LogP contribution >= 0.6 is 0 Å². The summed E-state index contributed by atoms with van der Waals surface area (Å²) in [4.78, 5) is 24.5. The van der Waals surface area contributed by atoms with Gasteiger partial charge in [0.05, 0.1) is 25.6 Å². The van der Waals surface area contributed by atoms with Crippen molar-refractivity contribution in [2.75, 3.05) is 14.2 Å². The molecule has 8 aromatic rings. The van der Waals surface area contributed by atoms with Crippen LogP contribution in [-0.2, 0) is 9.47 Å². The normalized spacial score (nSPS) is 10.8. The largest absolute Gasteiger partial charge is 0.464 e. The predicted octanol–water partition coefficient (Wildman–Crippen LogP) is 7.75. The van der Waals surface area contributed by atoms with E-state index in [0.717, 1.165) is 44.0 Å². The van der Waals surface area contributed by atoms with Crippen molar-refractivity contribution in [3.8, 4) is 33.9 Å². The standard InChI is InChI=1S/2C20H15N3O2/c2*1-25-20(24)18-19(23(22-21-18)15-10-3-2-4-11-15)17-13-7-9-14-8-5-6-12-16(14)17/h2*2-13H,1H3. The van der Waals surface area contributed by atoms with Gasteiger partial charge in [0.15, 0.2) is 11.4 Å². The highest BCUT2D eigenvalue weighted by Crippen LogP contribution is 2.33. The summed E-state index contributed by atoms with van der Waals surface area (Å²) in [7, 11) is 2.69. The molecular weight excluding hydrogens is 628 g/mol. The maximum atomic E-state index is 12.3. The maximum Gasteiger partial charge on any atom is 0.360 e. The minimum absolute atomic E-state index is 0.197. The van der Waals surface area contributed by atoms with Gasteiger partial charge in [-0.1, -0.05) is 132 Å². The first-order valence-electron chi connectivity index (χ1n) is 15.7. The minimum Gasteiger partial charge on any atom is -0.464 e. The summed E-state index contributed by atoms with van der Waals surface area (Å²) in [5.41, 5.74) is 5.05. The zero-order chi connectivity index (χ0) is 34.5. The Labute approximate surface area is 287 Å². The van der Waals surface area contributed by atoms with Gasteiger partial charge in [0.2, 0.25) is 0 Å². The molecule has 0 aliphatic rings. The second-order valence-electron chi connectivity index (χ2n) is 11.1. The fraction of sp³-hybridized carbons (Fsp3) is 0.0500. The number of nitrogens with zero attached hydrogens (tertiary/aromatic N) is 6. The molecule has 0 saturated heterocycles. The highest BCUT2D eigenvalue weighted by atomic mass is 16.5. The highest BCUT2D eigenvalue weighted by molar-refractivity contribution is 6.03. The third kappa shape index (κ3) is 5.97. The van der Waals surface area contributed by atoms with Crippen molar-refractivity contribution in [1.29, 1.82) is 0 Å². The van der Waals surface area contributed by atoms with E-state index in [2.05, 4.69) is 20.6 Å². The van der Waals surface area contributed by atoms with Crippen LogP contribution in [0.1, 0.15) is 21.0 Å². The number of methoxy groups -OCH3 is 2. The lowest BCUT2D eigenvalue weighted by atomic mass is 10.0. The summed E-state index contributed by atoms with van der Waals surface area (Å²) in [5.74, 6) is -1.02. The van der Waals surface area contributed by atoms with Crippen molar-refractivity contribution in [2.45, 2.75) is 0 Å². The predicted molar refractivity (Wildman–Crippen MR) is 191 cm³/mol. The SMILES string of the molecule is COC(=O)c1nnn(-c2ccccc2)c1-c1cccc2ccccc12.COC(=O)c1nnn(-c2ccccc2)c1-c1cccc2ccccc12. The van der Waals surface area contributed by atoms with E-state index >= 15 is 0 Å². The number of rotatable bonds is 6. The highest BCUT2D eigenvalue weighted by Gasteiger charge is 2.25. The van der Waals surface area contributed by atoms with E-state index in [1.54, 1.807) is 9.36 Å². The Balaban J connectivity index is 0.000000157. The minimum atomic E-state index is -0.509. The van der Waals surface area contributed by atoms with Gasteiger partial charge < -0.3 is 9.47 Å². The molecule has 2 aromatic heterocycles. The van der Waals surface area contributed by atoms with Crippen molar-refractivity contribution in [3.05, 3.63) is 157 Å². The number of esters is 2. The van der Waals surface area contributed by atoms with Crippen LogP contribution in [0, 0.1) is 0 Å². The van der Waals surface area contributed by atoms with Gasteiger partial charge in [-0.15, -0.1) is 10.2 Å². The molecule has 0 unspecified atom stereocenters. The van der Waals surface area contributed by atoms with Crippen molar-refractivity contribution >= 4 is 33.5 Å². The van der Waals surface area contributed by atoms with Crippen molar-refractivity contribution in [3.63, 3.8) is 0 Å². The summed E-state index contributed by atoms with van der Waals surface area (Å²) in [6.45, 7) is 0. The number of ether oxygens (including phenoxy) is 2. The average molecular weight is 659 g/mol. The number of hydrogen-bond donors (Lipinski definition) is 0. The second-order valence-corrected chi connectivity index (χ2v) is 11.1. The summed E-state index contributed by atoms with van der Waals surface area (Å²) >= 11 is 0. The first-order chi connectivity index (χ1) is 24.6. The van der Waals surface area contributed by atoms with Gasteiger partial charge in [-0.3, -0.25) is 0 Å². The number of para-hydroxylation sites is 2. The van der Waals surface area contributed by atoms with Gasteiger partial charge >= 0.3 is 11.9 Å². The summed E-state index contributed by atoms with van der Waals surface area (Å²) in [6, 6.07) is 47.2. The number of hydrogen-bond acceptors (Lipinski definition) is 8. The second kappa shape index (κ2) is 14.0. The van der Waals surface area contributed by atoms with Crippen LogP contribution in [0.5, 0.6) is 0 Å². The molecule has 8 rings (SSSR count). The number of carbonyl (C=O) groups excluding carboxylic acids is 2. The fourth-order valence-electron chi connectivity index (χ4n) is 5.88. The van der Waals surface area contributed by atoms with Crippen molar-refractivity contribution in [2.24, 2.45) is 0 Å². The molecule has 0 atom stereocenters. The van der Waals surface area contributed by atoms with Crippen LogP contribution in [0.2, 0.25) is 0 Å². The Morgan fingerprint density at radius 3 is 1.22 bits per heavy atom. The molecule has 0 bridgehead atoms. The van der Waals surface area contributed by atoms with E-state index in [1.807, 2.05) is 146 Å². The van der Waals surface area contributed by atoms with E-state index in [0.29, 0.717) is 11.4 Å². The molecule has 6 aromatic carbocycles. The van der Waals surface area contributed by atoms with Crippen LogP contribution in [0.15, 0.2) is 146 Å². The number of carbonyl (C=O) groups is 2. The molecule has 0 spiro atoms. The third-order valence-corrected chi connectivity index (χ3v) is 8.19. The zero-order valence-electron chi connectivity index (χ0n) is 27.2. The summed E-state index contributed by atoms with van der Waals surface area (Å²) in [5, 5.41) is 20.8. The molecule has 50 heavy (non-hydrogen) atoms. The molecule has 0 saturated carbocycles. The molecule has 0 aliphatic carbocycles. The third-order valence-electron chi connectivity index (χ3n) is 8.19.